The maximum absolute atomic E-state index is 12.9. The van der Waals surface area contributed by atoms with Crippen LogP contribution in [0.3, 0.4) is 0 Å². The van der Waals surface area contributed by atoms with Gasteiger partial charge in [-0.25, -0.2) is 31.6 Å². The Morgan fingerprint density at radius 3 is 2.38 bits per heavy atom. The zero-order chi connectivity index (χ0) is 33.5. The first-order chi connectivity index (χ1) is 21.2. The molecule has 0 aliphatic carbocycles. The highest BCUT2D eigenvalue weighted by atomic mass is 35.5. The number of nitrogens with two attached hydrogens (primary N) is 2. The Morgan fingerprint density at radius 2 is 1.78 bits per heavy atom. The van der Waals surface area contributed by atoms with Crippen LogP contribution in [0.1, 0.15) is 25.3 Å². The van der Waals surface area contributed by atoms with Crippen LogP contribution in [0.25, 0.3) is 0 Å². The van der Waals surface area contributed by atoms with Crippen molar-refractivity contribution in [3.05, 3.63) is 74.5 Å². The highest BCUT2D eigenvalue weighted by Gasteiger charge is 2.39. The highest BCUT2D eigenvalue weighted by Crippen LogP contribution is 2.42. The molecular weight excluding hydrogens is 673 g/mol. The van der Waals surface area contributed by atoms with E-state index in [0.717, 1.165) is 6.07 Å². The van der Waals surface area contributed by atoms with Gasteiger partial charge in [-0.05, 0) is 37.6 Å². The number of carbonyl (C=O) groups is 2. The summed E-state index contributed by atoms with van der Waals surface area (Å²) in [6.45, 7) is 4.43. The molecule has 2 aliphatic rings. The first kappa shape index (κ1) is 36.3. The number of benzene rings is 2. The number of dihydropyridines is 1. The monoisotopic (exact) mass is 705 g/mol. The van der Waals surface area contributed by atoms with Gasteiger partial charge in [-0.1, -0.05) is 41.4 Å². The fourth-order valence-electron chi connectivity index (χ4n) is 4.54. The number of methoxy groups -OCH3 is 1. The van der Waals surface area contributed by atoms with Crippen molar-refractivity contribution in [2.24, 2.45) is 10.9 Å². The second kappa shape index (κ2) is 15.4. The first-order valence-electron chi connectivity index (χ1n) is 13.3. The Bertz CT molecular complexity index is 1750. The van der Waals surface area contributed by atoms with Crippen molar-refractivity contribution in [2.75, 3.05) is 45.5 Å². The van der Waals surface area contributed by atoms with E-state index in [0.29, 0.717) is 40.7 Å². The van der Waals surface area contributed by atoms with Crippen molar-refractivity contribution < 1.29 is 40.6 Å². The molecule has 0 saturated heterocycles. The molecule has 0 amide bonds. The molecule has 0 fully saturated rings. The number of hydrogen-bond donors (Lipinski definition) is 5. The number of anilines is 1. The van der Waals surface area contributed by atoms with E-state index in [1.165, 1.54) is 13.2 Å². The molecule has 2 heterocycles. The van der Waals surface area contributed by atoms with Gasteiger partial charge in [0.05, 0.1) is 67.1 Å². The SMILES string of the molecule is CCOC(=O)C1=C(COCCN)NC(C)=C(C(=O)OC)C1c1ccccc1Cl.NS(=O)(=O)c1cc2c(cc1Cl)NCNS2(=O)=O. The quantitative estimate of drug-likeness (QED) is 0.187. The Labute approximate surface area is 271 Å². The number of esters is 2. The number of rotatable bonds is 9. The summed E-state index contributed by atoms with van der Waals surface area (Å²) in [5, 5.41) is 11.1. The molecule has 2 aliphatic heterocycles. The van der Waals surface area contributed by atoms with E-state index < -0.39 is 42.8 Å². The van der Waals surface area contributed by atoms with Gasteiger partial charge in [0.1, 0.15) is 9.79 Å². The minimum atomic E-state index is -4.07. The van der Waals surface area contributed by atoms with Crippen molar-refractivity contribution in [3.8, 4) is 0 Å². The predicted octanol–water partition coefficient (Wildman–Crippen LogP) is 1.92. The third kappa shape index (κ3) is 8.53. The Kier molecular flexibility index (Phi) is 12.4. The van der Waals surface area contributed by atoms with Crippen molar-refractivity contribution in [1.82, 2.24) is 10.0 Å². The smallest absolute Gasteiger partial charge is 0.336 e. The Balaban J connectivity index is 0.000000276. The molecule has 7 N–H and O–H groups in total. The summed E-state index contributed by atoms with van der Waals surface area (Å²) >= 11 is 12.1. The van der Waals surface area contributed by atoms with Crippen molar-refractivity contribution in [3.63, 3.8) is 0 Å². The topological polar surface area (TPSA) is 218 Å². The average molecular weight is 707 g/mol. The minimum absolute atomic E-state index is 0.0143. The lowest BCUT2D eigenvalue weighted by molar-refractivity contribution is -0.139. The average Bonchev–Trinajstić information content (AvgIpc) is 2.96. The number of hydrogen-bond acceptors (Lipinski definition) is 12. The lowest BCUT2D eigenvalue weighted by atomic mass is 9.80. The number of sulfonamides is 2. The summed E-state index contributed by atoms with van der Waals surface area (Å²) in [7, 11) is -6.51. The molecule has 1 atom stereocenters. The van der Waals surface area contributed by atoms with Gasteiger partial charge in [0, 0.05) is 17.3 Å². The number of carbonyl (C=O) groups excluding carboxylic acids is 2. The van der Waals surface area contributed by atoms with Gasteiger partial charge in [-0.3, -0.25) is 0 Å². The number of fused-ring (bicyclic) bond motifs is 1. The highest BCUT2D eigenvalue weighted by molar-refractivity contribution is 7.90. The zero-order valence-corrected chi connectivity index (χ0v) is 27.6. The molecule has 1 unspecified atom stereocenters. The molecule has 0 bridgehead atoms. The fourth-order valence-corrected chi connectivity index (χ4v) is 7.07. The normalized spacial score (nSPS) is 17.3. The summed E-state index contributed by atoms with van der Waals surface area (Å²) in [6.07, 6.45) is 0. The van der Waals surface area contributed by atoms with Gasteiger partial charge in [0.2, 0.25) is 20.0 Å². The molecule has 18 heteroatoms. The van der Waals surface area contributed by atoms with Crippen LogP contribution in [0.2, 0.25) is 10.0 Å². The van der Waals surface area contributed by atoms with Crippen LogP contribution in [-0.2, 0) is 43.8 Å². The van der Waals surface area contributed by atoms with Crippen LogP contribution in [0.5, 0.6) is 0 Å². The van der Waals surface area contributed by atoms with E-state index in [2.05, 4.69) is 15.4 Å². The number of ether oxygens (including phenoxy) is 3. The van der Waals surface area contributed by atoms with Crippen LogP contribution < -0.4 is 26.2 Å². The molecule has 0 spiro atoms. The van der Waals surface area contributed by atoms with E-state index in [1.54, 1.807) is 38.1 Å². The van der Waals surface area contributed by atoms with Gasteiger partial charge >= 0.3 is 11.9 Å². The summed E-state index contributed by atoms with van der Waals surface area (Å²) in [4.78, 5) is 24.8. The summed E-state index contributed by atoms with van der Waals surface area (Å²) < 4.78 is 63.7. The number of halogens is 2. The van der Waals surface area contributed by atoms with Crippen molar-refractivity contribution >= 4 is 60.9 Å². The van der Waals surface area contributed by atoms with Crippen molar-refractivity contribution in [2.45, 2.75) is 29.6 Å². The fraction of sp³-hybridized carbons (Fsp3) is 0.333. The molecule has 0 saturated carbocycles. The van der Waals surface area contributed by atoms with E-state index in [1.807, 2.05) is 0 Å². The standard InChI is InChI=1S/C20H25ClN2O5.C7H8ClN3O4S2/c1-4-28-20(25)18-15(11-27-10-9-22)23-12(2)16(19(24)26-3)17(18)13-7-5-6-8-14(13)21;8-4-1-5-7(2-6(4)16(9,12)13)17(14,15)11-3-10-5/h5-8,17,23H,4,9-11,22H2,1-3H3;1-2,10-11H,3H2,(H2,9,12,13). The van der Waals surface area contributed by atoms with Crippen LogP contribution in [0.15, 0.2) is 68.7 Å². The van der Waals surface area contributed by atoms with Crippen LogP contribution in [0, 0.1) is 0 Å². The molecule has 246 valence electrons. The predicted molar refractivity (Wildman–Crippen MR) is 167 cm³/mol. The lowest BCUT2D eigenvalue weighted by Gasteiger charge is -2.31. The van der Waals surface area contributed by atoms with E-state index in [4.69, 9.17) is 48.3 Å². The van der Waals surface area contributed by atoms with E-state index in [9.17, 15) is 26.4 Å². The maximum atomic E-state index is 12.9. The number of primary sulfonamides is 1. The molecule has 2 aromatic rings. The molecule has 2 aromatic carbocycles. The third-order valence-electron chi connectivity index (χ3n) is 6.44. The summed E-state index contributed by atoms with van der Waals surface area (Å²) in [5.74, 6) is -1.86. The Morgan fingerprint density at radius 1 is 1.09 bits per heavy atom. The second-order valence-corrected chi connectivity index (χ2v) is 13.5. The molecule has 0 aromatic heterocycles. The van der Waals surface area contributed by atoms with Gasteiger partial charge in [-0.2, -0.15) is 4.72 Å². The number of allylic oxidation sites excluding steroid dienone is 1. The molecule has 4 rings (SSSR count). The molecule has 14 nitrogen and oxygen atoms in total. The van der Waals surface area contributed by atoms with Crippen LogP contribution >= 0.6 is 23.2 Å². The van der Waals surface area contributed by atoms with Gasteiger partial charge in [0.15, 0.2) is 0 Å². The van der Waals surface area contributed by atoms with Crippen molar-refractivity contribution in [1.29, 1.82) is 0 Å². The Hall–Kier alpha value is -3.22. The largest absolute Gasteiger partial charge is 0.466 e. The maximum Gasteiger partial charge on any atom is 0.336 e. The lowest BCUT2D eigenvalue weighted by Crippen LogP contribution is -2.35. The van der Waals surface area contributed by atoms with E-state index in [-0.39, 0.29) is 41.1 Å². The third-order valence-corrected chi connectivity index (χ3v) is 9.60. The first-order valence-corrected chi connectivity index (χ1v) is 17.0. The second-order valence-electron chi connectivity index (χ2n) is 9.39. The minimum Gasteiger partial charge on any atom is -0.466 e. The summed E-state index contributed by atoms with van der Waals surface area (Å²) in [6, 6.07) is 9.19. The number of nitrogens with one attached hydrogen (secondary N) is 3. The molecular formula is C27H33Cl2N5O9S2. The molecule has 0 radical (unpaired) electrons. The summed E-state index contributed by atoms with van der Waals surface area (Å²) in [5.41, 5.74) is 7.94. The van der Waals surface area contributed by atoms with Crippen LogP contribution in [-0.4, -0.2) is 68.9 Å². The van der Waals surface area contributed by atoms with Gasteiger partial charge < -0.3 is 30.6 Å². The van der Waals surface area contributed by atoms with Gasteiger partial charge in [-0.15, -0.1) is 0 Å². The zero-order valence-electron chi connectivity index (χ0n) is 24.5. The molecule has 45 heavy (non-hydrogen) atoms. The van der Waals surface area contributed by atoms with Gasteiger partial charge in [0.25, 0.3) is 0 Å². The van der Waals surface area contributed by atoms with Crippen LogP contribution in [0.4, 0.5) is 5.69 Å². The van der Waals surface area contributed by atoms with E-state index >= 15 is 0 Å².